The topological polar surface area (TPSA) is 89.3 Å². The SMILES string of the molecule is CCc1noc(NC(=O)c2ccc(S(C)(=O)=O)cc2)c1-c1ccc(F)cc1. The van der Waals surface area contributed by atoms with Gasteiger partial charge in [0.25, 0.3) is 5.91 Å². The number of sulfone groups is 1. The maximum Gasteiger partial charge on any atom is 0.258 e. The lowest BCUT2D eigenvalue weighted by Crippen LogP contribution is -2.12. The molecule has 3 aromatic rings. The fourth-order valence-electron chi connectivity index (χ4n) is 2.59. The lowest BCUT2D eigenvalue weighted by atomic mass is 10.0. The zero-order valence-electron chi connectivity index (χ0n) is 14.7. The predicted molar refractivity (Wildman–Crippen MR) is 98.8 cm³/mol. The first-order chi connectivity index (χ1) is 12.8. The first-order valence-corrected chi connectivity index (χ1v) is 10.0. The van der Waals surface area contributed by atoms with Crippen LogP contribution in [0.15, 0.2) is 57.9 Å². The maximum absolute atomic E-state index is 13.2. The van der Waals surface area contributed by atoms with Crippen LogP contribution in [-0.4, -0.2) is 25.7 Å². The Kier molecular flexibility index (Phi) is 5.09. The number of aromatic nitrogens is 1. The van der Waals surface area contributed by atoms with Crippen molar-refractivity contribution >= 4 is 21.6 Å². The Labute approximate surface area is 155 Å². The minimum absolute atomic E-state index is 0.124. The molecule has 0 aliphatic carbocycles. The van der Waals surface area contributed by atoms with Crippen LogP contribution in [0.3, 0.4) is 0 Å². The summed E-state index contributed by atoms with van der Waals surface area (Å²) in [6, 6.07) is 11.4. The molecule has 0 saturated carbocycles. The van der Waals surface area contributed by atoms with Crippen molar-refractivity contribution in [2.45, 2.75) is 18.2 Å². The molecule has 0 atom stereocenters. The van der Waals surface area contributed by atoms with Crippen molar-refractivity contribution in [1.82, 2.24) is 5.16 Å². The van der Waals surface area contributed by atoms with Gasteiger partial charge in [-0.05, 0) is 48.4 Å². The Hall–Kier alpha value is -3.00. The summed E-state index contributed by atoms with van der Waals surface area (Å²) in [4.78, 5) is 12.6. The molecule has 0 aliphatic rings. The van der Waals surface area contributed by atoms with Crippen LogP contribution in [0.25, 0.3) is 11.1 Å². The average Bonchev–Trinajstić information content (AvgIpc) is 3.04. The average molecular weight is 388 g/mol. The zero-order valence-corrected chi connectivity index (χ0v) is 15.5. The molecule has 0 aliphatic heterocycles. The molecule has 1 aromatic heterocycles. The van der Waals surface area contributed by atoms with E-state index >= 15 is 0 Å². The summed E-state index contributed by atoms with van der Waals surface area (Å²) >= 11 is 0. The number of carbonyl (C=O) groups excluding carboxylic acids is 1. The van der Waals surface area contributed by atoms with Crippen LogP contribution in [-0.2, 0) is 16.3 Å². The van der Waals surface area contributed by atoms with Crippen molar-refractivity contribution in [3.05, 3.63) is 65.6 Å². The zero-order chi connectivity index (χ0) is 19.6. The highest BCUT2D eigenvalue weighted by atomic mass is 32.2. The number of carbonyl (C=O) groups is 1. The van der Waals surface area contributed by atoms with Crippen molar-refractivity contribution in [3.63, 3.8) is 0 Å². The maximum atomic E-state index is 13.2. The van der Waals surface area contributed by atoms with Crippen LogP contribution in [0, 0.1) is 5.82 Å². The van der Waals surface area contributed by atoms with E-state index in [1.807, 2.05) is 6.92 Å². The molecule has 1 N–H and O–H groups in total. The molecular formula is C19H17FN2O4S. The molecule has 0 fully saturated rings. The Morgan fingerprint density at radius 1 is 1.11 bits per heavy atom. The van der Waals surface area contributed by atoms with Gasteiger partial charge in [0.2, 0.25) is 5.88 Å². The smallest absolute Gasteiger partial charge is 0.258 e. The molecule has 27 heavy (non-hydrogen) atoms. The van der Waals surface area contributed by atoms with Crippen LogP contribution in [0.1, 0.15) is 23.0 Å². The van der Waals surface area contributed by atoms with E-state index in [0.717, 1.165) is 6.26 Å². The van der Waals surface area contributed by atoms with E-state index in [4.69, 9.17) is 4.52 Å². The van der Waals surface area contributed by atoms with E-state index in [1.54, 1.807) is 12.1 Å². The van der Waals surface area contributed by atoms with E-state index in [1.165, 1.54) is 36.4 Å². The molecule has 8 heteroatoms. The molecule has 1 heterocycles. The van der Waals surface area contributed by atoms with Gasteiger partial charge in [-0.15, -0.1) is 0 Å². The minimum atomic E-state index is -3.34. The van der Waals surface area contributed by atoms with Gasteiger partial charge in [-0.2, -0.15) is 0 Å². The monoisotopic (exact) mass is 388 g/mol. The molecular weight excluding hydrogens is 371 g/mol. The second-order valence-electron chi connectivity index (χ2n) is 5.94. The number of nitrogens with zero attached hydrogens (tertiary/aromatic N) is 1. The normalized spacial score (nSPS) is 11.4. The molecule has 0 radical (unpaired) electrons. The highest BCUT2D eigenvalue weighted by Gasteiger charge is 2.20. The van der Waals surface area contributed by atoms with Crippen molar-refractivity contribution < 1.29 is 22.1 Å². The van der Waals surface area contributed by atoms with Crippen LogP contribution in [0.4, 0.5) is 10.3 Å². The minimum Gasteiger partial charge on any atom is -0.337 e. The van der Waals surface area contributed by atoms with Gasteiger partial charge in [-0.1, -0.05) is 24.2 Å². The van der Waals surface area contributed by atoms with Gasteiger partial charge in [0.1, 0.15) is 5.82 Å². The number of halogens is 1. The predicted octanol–water partition coefficient (Wildman–Crippen LogP) is 3.70. The molecule has 3 rings (SSSR count). The third-order valence-electron chi connectivity index (χ3n) is 4.00. The third kappa shape index (κ3) is 4.06. The number of benzene rings is 2. The number of aryl methyl sites for hydroxylation is 1. The van der Waals surface area contributed by atoms with E-state index in [0.29, 0.717) is 23.2 Å². The quantitative estimate of drug-likeness (QED) is 0.720. The lowest BCUT2D eigenvalue weighted by Gasteiger charge is -2.06. The van der Waals surface area contributed by atoms with Crippen molar-refractivity contribution in [3.8, 4) is 11.1 Å². The van der Waals surface area contributed by atoms with Gasteiger partial charge in [-0.25, -0.2) is 12.8 Å². The molecule has 0 bridgehead atoms. The van der Waals surface area contributed by atoms with Crippen LogP contribution in [0.5, 0.6) is 0 Å². The van der Waals surface area contributed by atoms with Gasteiger partial charge in [-0.3, -0.25) is 10.1 Å². The summed E-state index contributed by atoms with van der Waals surface area (Å²) in [6.45, 7) is 1.89. The van der Waals surface area contributed by atoms with Crippen molar-refractivity contribution in [2.75, 3.05) is 11.6 Å². The second kappa shape index (κ2) is 7.32. The van der Waals surface area contributed by atoms with Crippen molar-refractivity contribution in [1.29, 1.82) is 0 Å². The summed E-state index contributed by atoms with van der Waals surface area (Å²) < 4.78 is 41.5. The number of amides is 1. The van der Waals surface area contributed by atoms with E-state index in [9.17, 15) is 17.6 Å². The molecule has 0 unspecified atom stereocenters. The number of nitrogens with one attached hydrogen (secondary N) is 1. The van der Waals surface area contributed by atoms with E-state index < -0.39 is 15.7 Å². The van der Waals surface area contributed by atoms with E-state index in [-0.39, 0.29) is 22.2 Å². The first kappa shape index (κ1) is 18.8. The summed E-state index contributed by atoms with van der Waals surface area (Å²) in [5, 5.41) is 6.61. The summed E-state index contributed by atoms with van der Waals surface area (Å²) in [7, 11) is -3.34. The number of hydrogen-bond acceptors (Lipinski definition) is 5. The highest BCUT2D eigenvalue weighted by Crippen LogP contribution is 2.32. The molecule has 2 aromatic carbocycles. The van der Waals surface area contributed by atoms with Gasteiger partial charge in [0.05, 0.1) is 16.2 Å². The highest BCUT2D eigenvalue weighted by molar-refractivity contribution is 7.90. The summed E-state index contributed by atoms with van der Waals surface area (Å²) in [5.74, 6) is -0.697. The van der Waals surface area contributed by atoms with Gasteiger partial charge >= 0.3 is 0 Å². The number of anilines is 1. The summed E-state index contributed by atoms with van der Waals surface area (Å²) in [6.07, 6.45) is 1.66. The Bertz CT molecular complexity index is 1070. The Morgan fingerprint density at radius 2 is 1.74 bits per heavy atom. The lowest BCUT2D eigenvalue weighted by molar-refractivity contribution is 0.102. The fourth-order valence-corrected chi connectivity index (χ4v) is 3.22. The second-order valence-corrected chi connectivity index (χ2v) is 7.96. The molecule has 6 nitrogen and oxygen atoms in total. The Balaban J connectivity index is 1.90. The van der Waals surface area contributed by atoms with E-state index in [2.05, 4.69) is 10.5 Å². The Morgan fingerprint density at radius 3 is 2.30 bits per heavy atom. The van der Waals surface area contributed by atoms with Gasteiger partial charge in [0, 0.05) is 11.8 Å². The van der Waals surface area contributed by atoms with Crippen LogP contribution < -0.4 is 5.32 Å². The first-order valence-electron chi connectivity index (χ1n) is 8.15. The fraction of sp³-hybridized carbons (Fsp3) is 0.158. The number of rotatable bonds is 5. The largest absolute Gasteiger partial charge is 0.337 e. The van der Waals surface area contributed by atoms with Gasteiger partial charge in [0.15, 0.2) is 9.84 Å². The number of hydrogen-bond donors (Lipinski definition) is 1. The molecule has 0 saturated heterocycles. The van der Waals surface area contributed by atoms with Crippen LogP contribution >= 0.6 is 0 Å². The van der Waals surface area contributed by atoms with Crippen molar-refractivity contribution in [2.24, 2.45) is 0 Å². The third-order valence-corrected chi connectivity index (χ3v) is 5.13. The molecule has 140 valence electrons. The molecule has 1 amide bonds. The van der Waals surface area contributed by atoms with Gasteiger partial charge < -0.3 is 4.52 Å². The summed E-state index contributed by atoms with van der Waals surface area (Å²) in [5.41, 5.74) is 2.14. The van der Waals surface area contributed by atoms with Crippen LogP contribution in [0.2, 0.25) is 0 Å². The standard InChI is InChI=1S/C19H17FN2O4S/c1-3-16-17(12-4-8-14(20)9-5-12)19(26-22-16)21-18(23)13-6-10-15(11-7-13)27(2,24)25/h4-11H,3H2,1-2H3,(H,21,23). The molecule has 0 spiro atoms.